The van der Waals surface area contributed by atoms with E-state index in [4.69, 9.17) is 16.1 Å². The van der Waals surface area contributed by atoms with Gasteiger partial charge in [0.05, 0.1) is 11.7 Å². The Labute approximate surface area is 154 Å². The minimum atomic E-state index is -0.283. The highest BCUT2D eigenvalue weighted by Gasteiger charge is 2.13. The predicted octanol–water partition coefficient (Wildman–Crippen LogP) is 3.62. The van der Waals surface area contributed by atoms with E-state index in [2.05, 4.69) is 15.5 Å². The highest BCUT2D eigenvalue weighted by Crippen LogP contribution is 2.22. The standard InChI is InChI=1S/C19H15ClN4O2/c20-14-6-4-13(5-7-14)17-11-16(23-26-17)19(25)21-9-8-18-22-12-15-3-1-2-10-24(15)18/h1-7,10-12H,8-9H2,(H,21,25). The zero-order chi connectivity index (χ0) is 17.9. The van der Waals surface area contributed by atoms with Gasteiger partial charge in [-0.3, -0.25) is 4.79 Å². The molecule has 3 aromatic heterocycles. The van der Waals surface area contributed by atoms with E-state index >= 15 is 0 Å². The van der Waals surface area contributed by atoms with Crippen LogP contribution in [0.3, 0.4) is 0 Å². The number of benzene rings is 1. The van der Waals surface area contributed by atoms with Crippen LogP contribution in [0.5, 0.6) is 0 Å². The van der Waals surface area contributed by atoms with Crippen LogP contribution >= 0.6 is 11.6 Å². The molecule has 0 saturated heterocycles. The van der Waals surface area contributed by atoms with E-state index in [0.29, 0.717) is 23.7 Å². The number of rotatable bonds is 5. The fourth-order valence-corrected chi connectivity index (χ4v) is 2.82. The van der Waals surface area contributed by atoms with Gasteiger partial charge in [-0.05, 0) is 36.4 Å². The number of pyridine rings is 1. The molecule has 0 fully saturated rings. The van der Waals surface area contributed by atoms with E-state index in [1.165, 1.54) is 0 Å². The third kappa shape index (κ3) is 3.32. The molecule has 0 aliphatic carbocycles. The molecule has 0 unspecified atom stereocenters. The van der Waals surface area contributed by atoms with Gasteiger partial charge in [0, 0.05) is 35.8 Å². The first-order valence-electron chi connectivity index (χ1n) is 8.12. The number of halogens is 1. The molecule has 0 aliphatic rings. The molecule has 1 aromatic carbocycles. The third-order valence-electron chi connectivity index (χ3n) is 4.02. The smallest absolute Gasteiger partial charge is 0.273 e. The van der Waals surface area contributed by atoms with E-state index in [1.54, 1.807) is 18.2 Å². The van der Waals surface area contributed by atoms with Crippen molar-refractivity contribution in [2.75, 3.05) is 6.54 Å². The van der Waals surface area contributed by atoms with Crippen molar-refractivity contribution in [3.05, 3.63) is 77.5 Å². The molecule has 1 N–H and O–H groups in total. The molecule has 1 amide bonds. The van der Waals surface area contributed by atoms with Gasteiger partial charge in [0.2, 0.25) is 0 Å². The van der Waals surface area contributed by atoms with E-state index in [1.807, 2.05) is 47.1 Å². The second-order valence-corrected chi connectivity index (χ2v) is 6.20. The number of hydrogen-bond acceptors (Lipinski definition) is 4. The summed E-state index contributed by atoms with van der Waals surface area (Å²) in [5, 5.41) is 7.32. The third-order valence-corrected chi connectivity index (χ3v) is 4.27. The van der Waals surface area contributed by atoms with E-state index < -0.39 is 0 Å². The first kappa shape index (κ1) is 16.4. The Morgan fingerprint density at radius 2 is 2.04 bits per heavy atom. The maximum Gasteiger partial charge on any atom is 0.273 e. The largest absolute Gasteiger partial charge is 0.355 e. The van der Waals surface area contributed by atoms with E-state index in [-0.39, 0.29) is 11.6 Å². The Morgan fingerprint density at radius 3 is 2.88 bits per heavy atom. The first-order chi connectivity index (χ1) is 12.7. The lowest BCUT2D eigenvalue weighted by molar-refractivity contribution is 0.0945. The molecule has 0 atom stereocenters. The number of aromatic nitrogens is 3. The summed E-state index contributed by atoms with van der Waals surface area (Å²) in [5.41, 5.74) is 2.07. The van der Waals surface area contributed by atoms with Crippen LogP contribution in [-0.2, 0) is 6.42 Å². The lowest BCUT2D eigenvalue weighted by atomic mass is 10.1. The molecule has 0 spiro atoms. The van der Waals surface area contributed by atoms with Crippen LogP contribution in [0, 0.1) is 0 Å². The molecular formula is C19H15ClN4O2. The zero-order valence-electron chi connectivity index (χ0n) is 13.7. The number of hydrogen-bond donors (Lipinski definition) is 1. The van der Waals surface area contributed by atoms with Crippen LogP contribution < -0.4 is 5.32 Å². The average molecular weight is 367 g/mol. The molecule has 4 aromatic rings. The molecule has 0 radical (unpaired) electrons. The van der Waals surface area contributed by atoms with Crippen molar-refractivity contribution in [1.29, 1.82) is 0 Å². The summed E-state index contributed by atoms with van der Waals surface area (Å²) in [7, 11) is 0. The van der Waals surface area contributed by atoms with Gasteiger partial charge in [-0.2, -0.15) is 0 Å². The number of nitrogens with one attached hydrogen (secondary N) is 1. The molecule has 3 heterocycles. The molecule has 0 aliphatic heterocycles. The highest BCUT2D eigenvalue weighted by molar-refractivity contribution is 6.30. The van der Waals surface area contributed by atoms with Gasteiger partial charge in [-0.15, -0.1) is 0 Å². The second-order valence-electron chi connectivity index (χ2n) is 5.76. The van der Waals surface area contributed by atoms with Gasteiger partial charge < -0.3 is 14.2 Å². The maximum absolute atomic E-state index is 12.3. The SMILES string of the molecule is O=C(NCCc1ncc2ccccn12)c1cc(-c2ccc(Cl)cc2)on1. The van der Waals surface area contributed by atoms with Crippen molar-refractivity contribution >= 4 is 23.0 Å². The minimum Gasteiger partial charge on any atom is -0.355 e. The van der Waals surface area contributed by atoms with Crippen molar-refractivity contribution in [3.8, 4) is 11.3 Å². The summed E-state index contributed by atoms with van der Waals surface area (Å²) in [6.45, 7) is 0.454. The van der Waals surface area contributed by atoms with Gasteiger partial charge in [0.1, 0.15) is 5.82 Å². The summed E-state index contributed by atoms with van der Waals surface area (Å²) in [6.07, 6.45) is 4.38. The lowest BCUT2D eigenvalue weighted by Crippen LogP contribution is -2.26. The lowest BCUT2D eigenvalue weighted by Gasteiger charge is -2.03. The number of nitrogens with zero attached hydrogens (tertiary/aromatic N) is 3. The Bertz CT molecular complexity index is 1050. The molecule has 4 rings (SSSR count). The molecular weight excluding hydrogens is 352 g/mol. The number of imidazole rings is 1. The van der Waals surface area contributed by atoms with E-state index in [0.717, 1.165) is 16.9 Å². The van der Waals surface area contributed by atoms with Gasteiger partial charge in [0.25, 0.3) is 5.91 Å². The molecule has 26 heavy (non-hydrogen) atoms. The minimum absolute atomic E-state index is 0.239. The van der Waals surface area contributed by atoms with Crippen LogP contribution in [0.25, 0.3) is 16.8 Å². The number of carbonyl (C=O) groups is 1. The van der Waals surface area contributed by atoms with Crippen LogP contribution in [0.2, 0.25) is 5.02 Å². The molecule has 0 saturated carbocycles. The normalized spacial score (nSPS) is 11.0. The van der Waals surface area contributed by atoms with Crippen molar-refractivity contribution in [1.82, 2.24) is 19.9 Å². The molecule has 6 nitrogen and oxygen atoms in total. The first-order valence-corrected chi connectivity index (χ1v) is 8.50. The maximum atomic E-state index is 12.3. The Morgan fingerprint density at radius 1 is 1.19 bits per heavy atom. The Hall–Kier alpha value is -3.12. The van der Waals surface area contributed by atoms with Crippen molar-refractivity contribution in [3.63, 3.8) is 0 Å². The van der Waals surface area contributed by atoms with Crippen molar-refractivity contribution in [2.45, 2.75) is 6.42 Å². The van der Waals surface area contributed by atoms with Crippen LogP contribution in [0.15, 0.2) is 65.4 Å². The zero-order valence-corrected chi connectivity index (χ0v) is 14.5. The quantitative estimate of drug-likeness (QED) is 0.585. The van der Waals surface area contributed by atoms with Gasteiger partial charge in [-0.1, -0.05) is 22.8 Å². The Kier molecular flexibility index (Phi) is 4.41. The topological polar surface area (TPSA) is 72.4 Å². The van der Waals surface area contributed by atoms with Crippen molar-refractivity contribution in [2.24, 2.45) is 0 Å². The van der Waals surface area contributed by atoms with Gasteiger partial charge >= 0.3 is 0 Å². The van der Waals surface area contributed by atoms with Crippen LogP contribution in [0.1, 0.15) is 16.3 Å². The summed E-state index contributed by atoms with van der Waals surface area (Å²) in [6, 6.07) is 14.7. The summed E-state index contributed by atoms with van der Waals surface area (Å²) >= 11 is 5.87. The summed E-state index contributed by atoms with van der Waals surface area (Å²) in [4.78, 5) is 16.6. The number of carbonyl (C=O) groups excluding carboxylic acids is 1. The van der Waals surface area contributed by atoms with E-state index in [9.17, 15) is 4.79 Å². The van der Waals surface area contributed by atoms with Gasteiger partial charge in [0.15, 0.2) is 11.5 Å². The van der Waals surface area contributed by atoms with Crippen LogP contribution in [0.4, 0.5) is 0 Å². The molecule has 7 heteroatoms. The number of amides is 1. The van der Waals surface area contributed by atoms with Crippen LogP contribution in [-0.4, -0.2) is 27.0 Å². The summed E-state index contributed by atoms with van der Waals surface area (Å²) < 4.78 is 7.25. The Balaban J connectivity index is 1.39. The number of fused-ring (bicyclic) bond motifs is 1. The summed E-state index contributed by atoms with van der Waals surface area (Å²) in [5.74, 6) is 1.13. The average Bonchev–Trinajstić information content (AvgIpc) is 3.30. The molecule has 0 bridgehead atoms. The molecule has 130 valence electrons. The monoisotopic (exact) mass is 366 g/mol. The highest BCUT2D eigenvalue weighted by atomic mass is 35.5. The predicted molar refractivity (Wildman–Crippen MR) is 98.2 cm³/mol. The fraction of sp³-hybridized carbons (Fsp3) is 0.105. The van der Waals surface area contributed by atoms with Gasteiger partial charge in [-0.25, -0.2) is 4.98 Å². The van der Waals surface area contributed by atoms with Crippen molar-refractivity contribution < 1.29 is 9.32 Å². The fourth-order valence-electron chi connectivity index (χ4n) is 2.70. The second kappa shape index (κ2) is 7.01.